The largest absolute Gasteiger partial charge is 0.508 e. The molecule has 1 aliphatic carbocycles. The molecule has 0 aliphatic heterocycles. The molecule has 104 valence electrons. The summed E-state index contributed by atoms with van der Waals surface area (Å²) in [6, 6.07) is 5.09. The van der Waals surface area contributed by atoms with Crippen molar-refractivity contribution in [2.24, 2.45) is 5.92 Å². The Hall–Kier alpha value is -1.22. The lowest BCUT2D eigenvalue weighted by molar-refractivity contribution is 0.0911. The van der Waals surface area contributed by atoms with Gasteiger partial charge in [-0.25, -0.2) is 0 Å². The van der Waals surface area contributed by atoms with E-state index < -0.39 is 0 Å². The van der Waals surface area contributed by atoms with E-state index in [-0.39, 0.29) is 17.7 Å². The van der Waals surface area contributed by atoms with Crippen molar-refractivity contribution in [2.75, 3.05) is 5.88 Å². The third-order valence-electron chi connectivity index (χ3n) is 3.88. The zero-order chi connectivity index (χ0) is 13.8. The van der Waals surface area contributed by atoms with Crippen molar-refractivity contribution in [1.82, 2.24) is 5.32 Å². The second kappa shape index (κ2) is 6.29. The highest BCUT2D eigenvalue weighted by Crippen LogP contribution is 2.26. The first-order chi connectivity index (χ1) is 9.11. The molecule has 1 aromatic carbocycles. The van der Waals surface area contributed by atoms with Crippen molar-refractivity contribution < 1.29 is 9.90 Å². The Morgan fingerprint density at radius 3 is 2.84 bits per heavy atom. The van der Waals surface area contributed by atoms with Gasteiger partial charge in [-0.05, 0) is 49.4 Å². The highest BCUT2D eigenvalue weighted by atomic mass is 35.5. The number of amides is 1. The van der Waals surface area contributed by atoms with Crippen LogP contribution < -0.4 is 5.32 Å². The van der Waals surface area contributed by atoms with Crippen LogP contribution in [-0.4, -0.2) is 22.9 Å². The number of aromatic hydroxyl groups is 1. The Balaban J connectivity index is 2.05. The van der Waals surface area contributed by atoms with Crippen molar-refractivity contribution in [3.8, 4) is 5.75 Å². The second-order valence-electron chi connectivity index (χ2n) is 5.28. The third kappa shape index (κ3) is 3.41. The standard InChI is InChI=1S/C15H20ClNO2/c1-10-8-11(6-7-14(10)18)15(19)17-13-5-3-2-4-12(13)9-16/h6-8,12-13,18H,2-5,9H2,1H3,(H,17,19). The molecule has 0 bridgehead atoms. The Morgan fingerprint density at radius 2 is 2.16 bits per heavy atom. The topological polar surface area (TPSA) is 49.3 Å². The van der Waals surface area contributed by atoms with Crippen molar-refractivity contribution in [2.45, 2.75) is 38.6 Å². The maximum atomic E-state index is 12.2. The predicted molar refractivity (Wildman–Crippen MR) is 76.8 cm³/mol. The molecule has 1 aromatic rings. The molecule has 0 aromatic heterocycles. The molecule has 1 saturated carbocycles. The number of halogens is 1. The first-order valence-corrected chi connectivity index (χ1v) is 7.31. The number of nitrogens with one attached hydrogen (secondary N) is 1. The number of carbonyl (C=O) groups is 1. The Labute approximate surface area is 119 Å². The molecule has 0 heterocycles. The average Bonchev–Trinajstić information content (AvgIpc) is 2.42. The number of phenolic OH excluding ortho intramolecular Hbond substituents is 1. The molecule has 4 heteroatoms. The van der Waals surface area contributed by atoms with Crippen LogP contribution in [0.1, 0.15) is 41.6 Å². The van der Waals surface area contributed by atoms with E-state index >= 15 is 0 Å². The van der Waals surface area contributed by atoms with Crippen LogP contribution in [-0.2, 0) is 0 Å². The minimum Gasteiger partial charge on any atom is -0.508 e. The van der Waals surface area contributed by atoms with Crippen LogP contribution in [0.15, 0.2) is 18.2 Å². The Morgan fingerprint density at radius 1 is 1.42 bits per heavy atom. The van der Waals surface area contributed by atoms with Gasteiger partial charge in [0.25, 0.3) is 5.91 Å². The summed E-state index contributed by atoms with van der Waals surface area (Å²) in [6.45, 7) is 1.79. The van der Waals surface area contributed by atoms with E-state index in [1.165, 1.54) is 6.42 Å². The number of rotatable bonds is 3. The zero-order valence-corrected chi connectivity index (χ0v) is 11.9. The van der Waals surface area contributed by atoms with Gasteiger partial charge in [0.1, 0.15) is 5.75 Å². The zero-order valence-electron chi connectivity index (χ0n) is 11.2. The number of alkyl halides is 1. The van der Waals surface area contributed by atoms with E-state index in [4.69, 9.17) is 11.6 Å². The summed E-state index contributed by atoms with van der Waals surface area (Å²) in [7, 11) is 0. The van der Waals surface area contributed by atoms with Crippen LogP contribution in [0, 0.1) is 12.8 Å². The Bertz CT molecular complexity index is 461. The van der Waals surface area contributed by atoms with E-state index in [1.54, 1.807) is 25.1 Å². The van der Waals surface area contributed by atoms with E-state index in [2.05, 4.69) is 5.32 Å². The maximum Gasteiger partial charge on any atom is 0.251 e. The summed E-state index contributed by atoms with van der Waals surface area (Å²) in [6.07, 6.45) is 4.43. The molecule has 1 amide bonds. The van der Waals surface area contributed by atoms with Gasteiger partial charge in [0, 0.05) is 17.5 Å². The van der Waals surface area contributed by atoms with Crippen LogP contribution in [0.3, 0.4) is 0 Å². The normalized spacial score (nSPS) is 23.1. The molecule has 3 nitrogen and oxygen atoms in total. The quantitative estimate of drug-likeness (QED) is 0.836. The third-order valence-corrected chi connectivity index (χ3v) is 4.28. The summed E-state index contributed by atoms with van der Waals surface area (Å²) in [4.78, 5) is 12.2. The van der Waals surface area contributed by atoms with Gasteiger partial charge in [0.05, 0.1) is 0 Å². The van der Waals surface area contributed by atoms with Gasteiger partial charge in [0.15, 0.2) is 0 Å². The van der Waals surface area contributed by atoms with Gasteiger partial charge in [-0.3, -0.25) is 4.79 Å². The SMILES string of the molecule is Cc1cc(C(=O)NC2CCCCC2CCl)ccc1O. The smallest absolute Gasteiger partial charge is 0.251 e. The fourth-order valence-corrected chi connectivity index (χ4v) is 3.00. The van der Waals surface area contributed by atoms with E-state index in [0.717, 1.165) is 19.3 Å². The van der Waals surface area contributed by atoms with Gasteiger partial charge in [-0.1, -0.05) is 12.8 Å². The molecule has 2 atom stereocenters. The average molecular weight is 282 g/mol. The number of hydrogen-bond acceptors (Lipinski definition) is 2. The molecule has 2 rings (SSSR count). The van der Waals surface area contributed by atoms with Gasteiger partial charge in [-0.2, -0.15) is 0 Å². The number of hydrogen-bond donors (Lipinski definition) is 2. The lowest BCUT2D eigenvalue weighted by Crippen LogP contribution is -2.42. The summed E-state index contributed by atoms with van der Waals surface area (Å²) in [5.74, 6) is 1.11. The van der Waals surface area contributed by atoms with Crippen LogP contribution in [0.5, 0.6) is 5.75 Å². The summed E-state index contributed by atoms with van der Waals surface area (Å²) >= 11 is 5.97. The van der Waals surface area contributed by atoms with E-state index in [1.807, 2.05) is 0 Å². The molecule has 0 radical (unpaired) electrons. The van der Waals surface area contributed by atoms with Crippen molar-refractivity contribution in [1.29, 1.82) is 0 Å². The van der Waals surface area contributed by atoms with Crippen molar-refractivity contribution in [3.05, 3.63) is 29.3 Å². The maximum absolute atomic E-state index is 12.2. The number of aryl methyl sites for hydroxylation is 1. The first-order valence-electron chi connectivity index (χ1n) is 6.78. The highest BCUT2D eigenvalue weighted by Gasteiger charge is 2.26. The highest BCUT2D eigenvalue weighted by molar-refractivity contribution is 6.18. The number of carbonyl (C=O) groups excluding carboxylic acids is 1. The summed E-state index contributed by atoms with van der Waals surface area (Å²) in [5, 5.41) is 12.6. The molecule has 19 heavy (non-hydrogen) atoms. The molecule has 2 N–H and O–H groups in total. The minimum absolute atomic E-state index is 0.0786. The monoisotopic (exact) mass is 281 g/mol. The van der Waals surface area contributed by atoms with Gasteiger partial charge >= 0.3 is 0 Å². The van der Waals surface area contributed by atoms with Crippen molar-refractivity contribution in [3.63, 3.8) is 0 Å². The van der Waals surface area contributed by atoms with E-state index in [0.29, 0.717) is 22.9 Å². The molecule has 1 aliphatic rings. The van der Waals surface area contributed by atoms with E-state index in [9.17, 15) is 9.90 Å². The number of benzene rings is 1. The lowest BCUT2D eigenvalue weighted by atomic mass is 9.85. The second-order valence-corrected chi connectivity index (χ2v) is 5.59. The van der Waals surface area contributed by atoms with Gasteiger partial charge in [-0.15, -0.1) is 11.6 Å². The lowest BCUT2D eigenvalue weighted by Gasteiger charge is -2.30. The fourth-order valence-electron chi connectivity index (χ4n) is 2.63. The van der Waals surface area contributed by atoms with Crippen LogP contribution in [0.25, 0.3) is 0 Å². The minimum atomic E-state index is -0.0786. The van der Waals surface area contributed by atoms with Crippen LogP contribution in [0.4, 0.5) is 0 Å². The predicted octanol–water partition coefficient (Wildman–Crippen LogP) is 3.23. The van der Waals surface area contributed by atoms with Crippen molar-refractivity contribution >= 4 is 17.5 Å². The number of phenols is 1. The van der Waals surface area contributed by atoms with Crippen LogP contribution >= 0.6 is 11.6 Å². The molecule has 2 unspecified atom stereocenters. The summed E-state index contributed by atoms with van der Waals surface area (Å²) < 4.78 is 0. The first kappa shape index (κ1) is 14.2. The molecule has 0 saturated heterocycles. The summed E-state index contributed by atoms with van der Waals surface area (Å²) in [5.41, 5.74) is 1.30. The molecule has 1 fully saturated rings. The fraction of sp³-hybridized carbons (Fsp3) is 0.533. The van der Waals surface area contributed by atoms with Gasteiger partial charge in [0.2, 0.25) is 0 Å². The molecular weight excluding hydrogens is 262 g/mol. The molecular formula is C15H20ClNO2. The Kier molecular flexibility index (Phi) is 4.70. The van der Waals surface area contributed by atoms with Crippen LogP contribution in [0.2, 0.25) is 0 Å². The van der Waals surface area contributed by atoms with Gasteiger partial charge < -0.3 is 10.4 Å². The molecule has 0 spiro atoms.